The zero-order valence-corrected chi connectivity index (χ0v) is 16.7. The summed E-state index contributed by atoms with van der Waals surface area (Å²) >= 11 is 1.75. The number of oxazole rings is 1. The standard InChI is InChI=1S/C18H28N6OS/c1-4-19-17(21-11-16-22-13(2)14(3)25-16)20-8-7-15-12-26-18(23-15)24-9-5-6-10-24/h12H,4-11H2,1-3H3,(H2,19,20,21). The van der Waals surface area contributed by atoms with Gasteiger partial charge in [-0.25, -0.2) is 15.0 Å². The van der Waals surface area contributed by atoms with Crippen molar-refractivity contribution in [3.8, 4) is 0 Å². The van der Waals surface area contributed by atoms with Crippen LogP contribution >= 0.6 is 11.3 Å². The quantitative estimate of drug-likeness (QED) is 0.571. The predicted molar refractivity (Wildman–Crippen MR) is 106 cm³/mol. The molecule has 142 valence electrons. The maximum Gasteiger partial charge on any atom is 0.216 e. The van der Waals surface area contributed by atoms with Crippen LogP contribution in [0, 0.1) is 13.8 Å². The number of anilines is 1. The molecule has 3 rings (SSSR count). The van der Waals surface area contributed by atoms with Crippen LogP contribution in [0.2, 0.25) is 0 Å². The molecular formula is C18H28N6OS. The molecule has 3 heterocycles. The number of aromatic nitrogens is 2. The van der Waals surface area contributed by atoms with Crippen molar-refractivity contribution in [2.45, 2.75) is 46.6 Å². The van der Waals surface area contributed by atoms with Crippen molar-refractivity contribution in [3.63, 3.8) is 0 Å². The number of nitrogens with one attached hydrogen (secondary N) is 2. The fraction of sp³-hybridized carbons (Fsp3) is 0.611. The van der Waals surface area contributed by atoms with E-state index in [2.05, 4.69) is 37.8 Å². The normalized spacial score (nSPS) is 14.9. The molecule has 2 aromatic heterocycles. The Bertz CT molecular complexity index is 712. The molecule has 1 saturated heterocycles. The highest BCUT2D eigenvalue weighted by Crippen LogP contribution is 2.24. The number of rotatable bonds is 7. The van der Waals surface area contributed by atoms with Crippen molar-refractivity contribution >= 4 is 22.4 Å². The third kappa shape index (κ3) is 4.97. The van der Waals surface area contributed by atoms with Crippen molar-refractivity contribution in [2.24, 2.45) is 4.99 Å². The van der Waals surface area contributed by atoms with E-state index in [0.717, 1.165) is 60.8 Å². The predicted octanol–water partition coefficient (Wildman–Crippen LogP) is 2.65. The van der Waals surface area contributed by atoms with Gasteiger partial charge in [-0.15, -0.1) is 11.3 Å². The zero-order chi connectivity index (χ0) is 18.4. The minimum Gasteiger partial charge on any atom is -0.444 e. The van der Waals surface area contributed by atoms with Crippen LogP contribution in [0.4, 0.5) is 5.13 Å². The molecule has 0 spiro atoms. The molecule has 1 aliphatic heterocycles. The number of thiazole rings is 1. The Labute approximate surface area is 158 Å². The number of hydrogen-bond acceptors (Lipinski definition) is 6. The summed E-state index contributed by atoms with van der Waals surface area (Å²) in [6.07, 6.45) is 3.44. The first kappa shape index (κ1) is 18.7. The Morgan fingerprint density at radius 1 is 1.27 bits per heavy atom. The van der Waals surface area contributed by atoms with Crippen molar-refractivity contribution in [3.05, 3.63) is 28.4 Å². The second-order valence-electron chi connectivity index (χ2n) is 6.44. The van der Waals surface area contributed by atoms with E-state index in [9.17, 15) is 0 Å². The zero-order valence-electron chi connectivity index (χ0n) is 15.8. The molecule has 8 heteroatoms. The molecule has 0 aromatic carbocycles. The van der Waals surface area contributed by atoms with Crippen LogP contribution in [0.3, 0.4) is 0 Å². The maximum absolute atomic E-state index is 5.58. The SMILES string of the molecule is CCNC(=NCc1nc(C)c(C)o1)NCCc1csc(N2CCCC2)n1. The van der Waals surface area contributed by atoms with E-state index in [4.69, 9.17) is 9.40 Å². The van der Waals surface area contributed by atoms with E-state index >= 15 is 0 Å². The van der Waals surface area contributed by atoms with Gasteiger partial charge >= 0.3 is 0 Å². The topological polar surface area (TPSA) is 78.6 Å². The average molecular weight is 377 g/mol. The summed E-state index contributed by atoms with van der Waals surface area (Å²) in [6.45, 7) is 10.2. The summed E-state index contributed by atoms with van der Waals surface area (Å²) in [5.41, 5.74) is 2.06. The van der Waals surface area contributed by atoms with Gasteiger partial charge in [0.05, 0.1) is 11.4 Å². The maximum atomic E-state index is 5.58. The molecule has 0 unspecified atom stereocenters. The van der Waals surface area contributed by atoms with Crippen LogP contribution < -0.4 is 15.5 Å². The number of aliphatic imine (C=N–C) groups is 1. The van der Waals surface area contributed by atoms with E-state index in [1.807, 2.05) is 13.8 Å². The molecule has 0 bridgehead atoms. The molecule has 0 aliphatic carbocycles. The second kappa shape index (κ2) is 9.02. The van der Waals surface area contributed by atoms with Crippen LogP contribution in [0.25, 0.3) is 0 Å². The molecule has 2 N–H and O–H groups in total. The molecule has 0 amide bonds. The number of guanidine groups is 1. The van der Waals surface area contributed by atoms with Gasteiger partial charge in [0.2, 0.25) is 5.89 Å². The largest absolute Gasteiger partial charge is 0.444 e. The first-order chi connectivity index (χ1) is 12.7. The van der Waals surface area contributed by atoms with E-state index in [0.29, 0.717) is 12.4 Å². The molecule has 0 radical (unpaired) electrons. The first-order valence-corrected chi connectivity index (χ1v) is 10.2. The number of aryl methyl sites for hydroxylation is 2. The van der Waals surface area contributed by atoms with Gasteiger partial charge in [0.1, 0.15) is 12.3 Å². The van der Waals surface area contributed by atoms with Crippen LogP contribution in [0.15, 0.2) is 14.8 Å². The van der Waals surface area contributed by atoms with Gasteiger partial charge in [-0.3, -0.25) is 0 Å². The smallest absolute Gasteiger partial charge is 0.216 e. The van der Waals surface area contributed by atoms with Crippen LogP contribution in [0.1, 0.15) is 42.8 Å². The third-order valence-corrected chi connectivity index (χ3v) is 5.33. The monoisotopic (exact) mass is 376 g/mol. The Morgan fingerprint density at radius 2 is 2.08 bits per heavy atom. The van der Waals surface area contributed by atoms with Crippen molar-refractivity contribution < 1.29 is 4.42 Å². The summed E-state index contributed by atoms with van der Waals surface area (Å²) in [5, 5.41) is 9.94. The lowest BCUT2D eigenvalue weighted by molar-refractivity contribution is 0.473. The van der Waals surface area contributed by atoms with Crippen molar-refractivity contribution in [2.75, 3.05) is 31.1 Å². The fourth-order valence-electron chi connectivity index (χ4n) is 2.87. The summed E-state index contributed by atoms with van der Waals surface area (Å²) in [6, 6.07) is 0. The average Bonchev–Trinajstić information content (AvgIpc) is 3.35. The summed E-state index contributed by atoms with van der Waals surface area (Å²) in [7, 11) is 0. The van der Waals surface area contributed by atoms with Crippen molar-refractivity contribution in [1.29, 1.82) is 0 Å². The minimum absolute atomic E-state index is 0.430. The lowest BCUT2D eigenvalue weighted by Crippen LogP contribution is -2.38. The number of hydrogen-bond donors (Lipinski definition) is 2. The van der Waals surface area contributed by atoms with Gasteiger partial charge in [0.25, 0.3) is 0 Å². The van der Waals surface area contributed by atoms with Crippen LogP contribution in [-0.4, -0.2) is 42.1 Å². The highest BCUT2D eigenvalue weighted by atomic mass is 32.1. The summed E-state index contributed by atoms with van der Waals surface area (Å²) in [5.74, 6) is 2.27. The highest BCUT2D eigenvalue weighted by Gasteiger charge is 2.15. The Morgan fingerprint density at radius 3 is 2.77 bits per heavy atom. The van der Waals surface area contributed by atoms with Gasteiger partial charge < -0.3 is 20.0 Å². The molecule has 7 nitrogen and oxygen atoms in total. The van der Waals surface area contributed by atoms with Crippen molar-refractivity contribution in [1.82, 2.24) is 20.6 Å². The lowest BCUT2D eigenvalue weighted by atomic mass is 10.3. The molecule has 1 fully saturated rings. The fourth-order valence-corrected chi connectivity index (χ4v) is 3.78. The Hall–Kier alpha value is -2.09. The summed E-state index contributed by atoms with van der Waals surface area (Å²) < 4.78 is 5.58. The van der Waals surface area contributed by atoms with E-state index in [1.165, 1.54) is 12.8 Å². The lowest BCUT2D eigenvalue weighted by Gasteiger charge is -2.12. The molecule has 26 heavy (non-hydrogen) atoms. The minimum atomic E-state index is 0.430. The van der Waals surface area contributed by atoms with E-state index < -0.39 is 0 Å². The van der Waals surface area contributed by atoms with E-state index in [1.54, 1.807) is 11.3 Å². The van der Waals surface area contributed by atoms with Gasteiger partial charge in [-0.1, -0.05) is 0 Å². The molecular weight excluding hydrogens is 348 g/mol. The highest BCUT2D eigenvalue weighted by molar-refractivity contribution is 7.13. The van der Waals surface area contributed by atoms with Crippen LogP contribution in [-0.2, 0) is 13.0 Å². The Balaban J connectivity index is 1.49. The second-order valence-corrected chi connectivity index (χ2v) is 7.27. The Kier molecular flexibility index (Phi) is 6.49. The first-order valence-electron chi connectivity index (χ1n) is 9.30. The van der Waals surface area contributed by atoms with E-state index in [-0.39, 0.29) is 0 Å². The molecule has 2 aromatic rings. The third-order valence-electron chi connectivity index (χ3n) is 4.38. The van der Waals surface area contributed by atoms with Gasteiger partial charge in [0.15, 0.2) is 11.1 Å². The molecule has 0 atom stereocenters. The molecule has 0 saturated carbocycles. The van der Waals surface area contributed by atoms with Gasteiger partial charge in [0, 0.05) is 38.0 Å². The van der Waals surface area contributed by atoms with Gasteiger partial charge in [-0.2, -0.15) is 0 Å². The number of nitrogens with zero attached hydrogens (tertiary/aromatic N) is 4. The van der Waals surface area contributed by atoms with Crippen LogP contribution in [0.5, 0.6) is 0 Å². The molecule has 1 aliphatic rings. The van der Waals surface area contributed by atoms with Gasteiger partial charge in [-0.05, 0) is 33.6 Å². The summed E-state index contributed by atoms with van der Waals surface area (Å²) in [4.78, 5) is 16.1.